The van der Waals surface area contributed by atoms with Crippen molar-refractivity contribution in [3.05, 3.63) is 30.0 Å². The predicted molar refractivity (Wildman–Crippen MR) is 108 cm³/mol. The Morgan fingerprint density at radius 1 is 1.21 bits per heavy atom. The number of nitrogens with zero attached hydrogens (tertiary/aromatic N) is 3. The Hall–Kier alpha value is -3.15. The van der Waals surface area contributed by atoms with E-state index in [1.807, 2.05) is 0 Å². The molecule has 2 amide bonds. The second kappa shape index (κ2) is 9.00. The fraction of sp³-hybridized carbons (Fsp3) is 0.524. The van der Waals surface area contributed by atoms with Crippen molar-refractivity contribution in [3.63, 3.8) is 0 Å². The molecule has 2 aromatic rings. The Morgan fingerprint density at radius 3 is 2.70 bits per heavy atom. The van der Waals surface area contributed by atoms with Crippen LogP contribution in [0.2, 0.25) is 0 Å². The number of hydrogen-bond acceptors (Lipinski definition) is 6. The van der Waals surface area contributed by atoms with E-state index in [0.29, 0.717) is 17.3 Å². The van der Waals surface area contributed by atoms with E-state index >= 15 is 0 Å². The minimum Gasteiger partial charge on any atom is -0.425 e. The summed E-state index contributed by atoms with van der Waals surface area (Å²) in [6, 6.07) is 7.09. The van der Waals surface area contributed by atoms with E-state index in [0.717, 1.165) is 6.42 Å². The van der Waals surface area contributed by atoms with Crippen LogP contribution in [0.15, 0.2) is 24.3 Å². The summed E-state index contributed by atoms with van der Waals surface area (Å²) in [4.78, 5) is 38.6. The quantitative estimate of drug-likeness (QED) is 0.472. The summed E-state index contributed by atoms with van der Waals surface area (Å²) in [5.74, 6) is -0.256. The topological polar surface area (TPSA) is 103 Å². The summed E-state index contributed by atoms with van der Waals surface area (Å²) in [7, 11) is 0. The van der Waals surface area contributed by atoms with Gasteiger partial charge >= 0.3 is 12.5 Å². The monoisotopic (exact) mass is 468 g/mol. The Labute approximate surface area is 186 Å². The third-order valence-electron chi connectivity index (χ3n) is 5.72. The Morgan fingerprint density at radius 2 is 1.97 bits per heavy atom. The van der Waals surface area contributed by atoms with Crippen molar-refractivity contribution in [2.45, 2.75) is 51.4 Å². The van der Waals surface area contributed by atoms with Gasteiger partial charge in [-0.1, -0.05) is 18.2 Å². The van der Waals surface area contributed by atoms with Crippen LogP contribution < -0.4 is 5.32 Å². The number of ketones is 1. The molecule has 1 aromatic carbocycles. The van der Waals surface area contributed by atoms with E-state index in [4.69, 9.17) is 4.74 Å². The number of halogens is 3. The van der Waals surface area contributed by atoms with Gasteiger partial charge in [-0.15, -0.1) is 13.2 Å². The van der Waals surface area contributed by atoms with Gasteiger partial charge in [0, 0.05) is 31.3 Å². The number of hydrogen-bond donors (Lipinski definition) is 1. The number of ether oxygens (including phenoxy) is 2. The number of amides is 2. The highest BCUT2D eigenvalue weighted by Gasteiger charge is 2.55. The zero-order valence-electron chi connectivity index (χ0n) is 17.8. The number of para-hydroxylation sites is 1. The number of piperidine rings is 1. The molecule has 4 rings (SSSR count). The van der Waals surface area contributed by atoms with Crippen LogP contribution in [0.5, 0.6) is 0 Å². The van der Waals surface area contributed by atoms with Gasteiger partial charge in [0.15, 0.2) is 12.0 Å². The molecule has 1 aliphatic carbocycles. The number of nitrogens with one attached hydrogen (secondary N) is 1. The van der Waals surface area contributed by atoms with Crippen molar-refractivity contribution < 1.29 is 37.0 Å². The molecule has 33 heavy (non-hydrogen) atoms. The van der Waals surface area contributed by atoms with Crippen LogP contribution in [0.25, 0.3) is 10.9 Å². The van der Waals surface area contributed by atoms with Crippen LogP contribution in [0.4, 0.5) is 18.0 Å². The molecule has 0 unspecified atom stereocenters. The number of carbonyl (C=O) groups excluding carboxylic acids is 3. The zero-order chi connectivity index (χ0) is 23.8. The lowest BCUT2D eigenvalue weighted by molar-refractivity contribution is -0.324. The molecule has 0 bridgehead atoms. The Bertz CT molecular complexity index is 1070. The second-order valence-electron chi connectivity index (χ2n) is 8.11. The minimum absolute atomic E-state index is 0.0235. The Balaban J connectivity index is 1.35. The second-order valence-corrected chi connectivity index (χ2v) is 8.11. The lowest BCUT2D eigenvalue weighted by Crippen LogP contribution is -2.44. The minimum atomic E-state index is -4.71. The summed E-state index contributed by atoms with van der Waals surface area (Å²) in [5, 5.41) is 7.34. The third-order valence-corrected chi connectivity index (χ3v) is 5.72. The molecule has 2 aliphatic rings. The fourth-order valence-electron chi connectivity index (χ4n) is 4.20. The van der Waals surface area contributed by atoms with Crippen LogP contribution in [0, 0.1) is 5.92 Å². The summed E-state index contributed by atoms with van der Waals surface area (Å²) in [6.45, 7) is 0.652. The molecule has 1 saturated heterocycles. The first-order valence-electron chi connectivity index (χ1n) is 10.6. The van der Waals surface area contributed by atoms with Crippen LogP contribution in [-0.2, 0) is 20.8 Å². The predicted octanol–water partition coefficient (Wildman–Crippen LogP) is 2.84. The Kier molecular flexibility index (Phi) is 6.28. The van der Waals surface area contributed by atoms with Crippen molar-refractivity contribution in [2.75, 3.05) is 13.2 Å². The number of alkyl carbamates (subject to hydrolysis) is 1. The number of alkyl halides is 3. The SMILES string of the molecule is CC(=O)c1nn(CC(=O)N2[C@@H](OC(=O)NCCCOC(F)(F)F)C[C@H]3C[C@H]32)c2ccccc12. The van der Waals surface area contributed by atoms with Crippen LogP contribution in [-0.4, -0.2) is 64.2 Å². The van der Waals surface area contributed by atoms with Gasteiger partial charge in [-0.3, -0.25) is 19.0 Å². The molecular formula is C21H23F3N4O5. The average Bonchev–Trinajstić information content (AvgIpc) is 3.24. The maximum atomic E-state index is 13.1. The molecule has 2 fully saturated rings. The lowest BCUT2D eigenvalue weighted by atomic mass is 10.2. The number of fused-ring (bicyclic) bond motifs is 2. The maximum absolute atomic E-state index is 13.1. The van der Waals surface area contributed by atoms with Gasteiger partial charge in [-0.05, 0) is 24.8 Å². The third kappa shape index (κ3) is 5.27. The largest absolute Gasteiger partial charge is 0.522 e. The number of Topliss-reactive ketones (excluding diaryl/α,β-unsaturated/α-hetero) is 1. The van der Waals surface area contributed by atoms with Gasteiger partial charge in [0.25, 0.3) is 0 Å². The molecule has 1 saturated carbocycles. The molecule has 1 aliphatic heterocycles. The van der Waals surface area contributed by atoms with Gasteiger partial charge in [-0.25, -0.2) is 4.79 Å². The normalized spacial score (nSPS) is 21.7. The molecule has 0 radical (unpaired) electrons. The summed E-state index contributed by atoms with van der Waals surface area (Å²) < 4.78 is 46.4. The molecule has 1 N–H and O–H groups in total. The smallest absolute Gasteiger partial charge is 0.425 e. The average molecular weight is 468 g/mol. The molecule has 12 heteroatoms. The van der Waals surface area contributed by atoms with E-state index < -0.39 is 25.3 Å². The first kappa shape index (κ1) is 23.0. The van der Waals surface area contributed by atoms with Gasteiger partial charge in [0.05, 0.1) is 12.1 Å². The van der Waals surface area contributed by atoms with Gasteiger partial charge in [0.1, 0.15) is 12.2 Å². The van der Waals surface area contributed by atoms with E-state index in [-0.39, 0.29) is 48.9 Å². The molecular weight excluding hydrogens is 445 g/mol. The lowest BCUT2D eigenvalue weighted by Gasteiger charge is -2.27. The maximum Gasteiger partial charge on any atom is 0.522 e. The van der Waals surface area contributed by atoms with Gasteiger partial charge in [-0.2, -0.15) is 5.10 Å². The summed E-state index contributed by atoms with van der Waals surface area (Å²) in [6.07, 6.45) is -5.01. The van der Waals surface area contributed by atoms with Crippen molar-refractivity contribution >= 4 is 28.7 Å². The molecule has 0 spiro atoms. The summed E-state index contributed by atoms with van der Waals surface area (Å²) in [5.41, 5.74) is 0.935. The van der Waals surface area contributed by atoms with Crippen LogP contribution in [0.3, 0.4) is 0 Å². The molecule has 178 valence electrons. The van der Waals surface area contributed by atoms with Gasteiger partial charge in [0.2, 0.25) is 5.91 Å². The highest BCUT2D eigenvalue weighted by Crippen LogP contribution is 2.48. The van der Waals surface area contributed by atoms with E-state index in [2.05, 4.69) is 15.2 Å². The number of likely N-dealkylation sites (tertiary alicyclic amines) is 1. The molecule has 3 atom stereocenters. The van der Waals surface area contributed by atoms with E-state index in [1.165, 1.54) is 16.5 Å². The van der Waals surface area contributed by atoms with Crippen molar-refractivity contribution in [2.24, 2.45) is 5.92 Å². The first-order chi connectivity index (χ1) is 15.6. The number of carbonyl (C=O) groups is 3. The molecule has 2 heterocycles. The van der Waals surface area contributed by atoms with Crippen molar-refractivity contribution in [1.29, 1.82) is 0 Å². The first-order valence-corrected chi connectivity index (χ1v) is 10.6. The summed E-state index contributed by atoms with van der Waals surface area (Å²) >= 11 is 0. The zero-order valence-corrected chi connectivity index (χ0v) is 17.8. The standard InChI is InChI=1S/C21H23F3N4O5/c1-12(29)19-14-5-2-3-6-15(14)27(26-19)11-17(30)28-16-9-13(16)10-18(28)33-20(31)25-7-4-8-32-21(22,23)24/h2-3,5-6,13,16,18H,4,7-11H2,1H3,(H,25,31)/t13-,16-,18+/m1/s1. The number of aromatic nitrogens is 2. The highest BCUT2D eigenvalue weighted by atomic mass is 19.4. The van der Waals surface area contributed by atoms with Crippen molar-refractivity contribution in [3.8, 4) is 0 Å². The van der Waals surface area contributed by atoms with Crippen LogP contribution in [0.1, 0.15) is 36.7 Å². The highest BCUT2D eigenvalue weighted by molar-refractivity contribution is 6.05. The van der Waals surface area contributed by atoms with E-state index in [1.54, 1.807) is 24.3 Å². The van der Waals surface area contributed by atoms with Crippen molar-refractivity contribution in [1.82, 2.24) is 20.0 Å². The van der Waals surface area contributed by atoms with Crippen LogP contribution >= 0.6 is 0 Å². The van der Waals surface area contributed by atoms with E-state index in [9.17, 15) is 27.6 Å². The molecule has 1 aromatic heterocycles. The fourth-order valence-corrected chi connectivity index (χ4v) is 4.20. The number of rotatable bonds is 8. The van der Waals surface area contributed by atoms with Gasteiger partial charge < -0.3 is 15.0 Å². The number of benzene rings is 1. The molecule has 9 nitrogen and oxygen atoms in total.